The number of phenols is 1. The summed E-state index contributed by atoms with van der Waals surface area (Å²) in [5.41, 5.74) is 3.91. The van der Waals surface area contributed by atoms with Crippen molar-refractivity contribution in [3.05, 3.63) is 83.9 Å². The molecule has 1 N–H and O–H groups in total. The Bertz CT molecular complexity index is 1070. The minimum Gasteiger partial charge on any atom is -0.508 e. The molecule has 4 heteroatoms. The van der Waals surface area contributed by atoms with E-state index in [1.807, 2.05) is 43.3 Å². The Kier molecular flexibility index (Phi) is 5.75. The number of hydrogen-bond acceptors (Lipinski definition) is 4. The Labute approximate surface area is 164 Å². The zero-order valence-electron chi connectivity index (χ0n) is 15.4. The number of allylic oxidation sites excluding steroid dienone is 2. The van der Waals surface area contributed by atoms with Crippen molar-refractivity contribution >= 4 is 11.1 Å². The topological polar surface area (TPSA) is 77.0 Å². The molecule has 0 spiro atoms. The molecule has 0 aliphatic rings. The minimum absolute atomic E-state index is 0.212. The van der Waals surface area contributed by atoms with Crippen molar-refractivity contribution < 1.29 is 9.84 Å². The monoisotopic (exact) mass is 366 g/mol. The molecule has 0 atom stereocenters. The molecule has 0 radical (unpaired) electrons. The van der Waals surface area contributed by atoms with Gasteiger partial charge in [-0.05, 0) is 65.6 Å². The summed E-state index contributed by atoms with van der Waals surface area (Å²) >= 11 is 0. The average Bonchev–Trinajstić information content (AvgIpc) is 2.74. The van der Waals surface area contributed by atoms with Crippen LogP contribution in [0.15, 0.2) is 72.8 Å². The van der Waals surface area contributed by atoms with E-state index < -0.39 is 0 Å². The number of rotatable bonds is 5. The zero-order chi connectivity index (χ0) is 19.9. The lowest BCUT2D eigenvalue weighted by molar-refractivity contribution is 0.340. The summed E-state index contributed by atoms with van der Waals surface area (Å²) in [6, 6.07) is 25.8. The summed E-state index contributed by atoms with van der Waals surface area (Å²) in [4.78, 5) is 0. The maximum atomic E-state index is 9.69. The lowest BCUT2D eigenvalue weighted by Gasteiger charge is -2.08. The van der Waals surface area contributed by atoms with E-state index in [2.05, 4.69) is 12.1 Å². The van der Waals surface area contributed by atoms with E-state index in [0.717, 1.165) is 16.9 Å². The largest absolute Gasteiger partial charge is 0.508 e. The van der Waals surface area contributed by atoms with E-state index in [9.17, 15) is 15.6 Å². The van der Waals surface area contributed by atoms with Crippen molar-refractivity contribution in [1.29, 1.82) is 10.5 Å². The van der Waals surface area contributed by atoms with E-state index in [-0.39, 0.29) is 5.75 Å². The summed E-state index contributed by atoms with van der Waals surface area (Å²) < 4.78 is 5.43. The Morgan fingerprint density at radius 1 is 0.750 bits per heavy atom. The molecule has 3 aromatic rings. The van der Waals surface area contributed by atoms with Gasteiger partial charge in [0.1, 0.15) is 23.6 Å². The molecule has 0 saturated heterocycles. The molecule has 0 bridgehead atoms. The molecule has 0 aliphatic carbocycles. The van der Waals surface area contributed by atoms with Crippen LogP contribution in [0.3, 0.4) is 0 Å². The lowest BCUT2D eigenvalue weighted by Crippen LogP contribution is -1.93. The van der Waals surface area contributed by atoms with Crippen LogP contribution in [0.4, 0.5) is 0 Å². The van der Waals surface area contributed by atoms with Crippen LogP contribution in [-0.4, -0.2) is 11.7 Å². The van der Waals surface area contributed by atoms with Gasteiger partial charge >= 0.3 is 0 Å². The zero-order valence-corrected chi connectivity index (χ0v) is 15.4. The number of benzene rings is 3. The second kappa shape index (κ2) is 8.58. The predicted octanol–water partition coefficient (Wildman–Crippen LogP) is 5.42. The molecule has 0 aliphatic heterocycles. The van der Waals surface area contributed by atoms with Crippen LogP contribution in [0.1, 0.15) is 18.1 Å². The fraction of sp³-hybridized carbons (Fsp3) is 0.0833. The first kappa shape index (κ1) is 18.8. The van der Waals surface area contributed by atoms with Crippen LogP contribution in [0.25, 0.3) is 22.3 Å². The van der Waals surface area contributed by atoms with Gasteiger partial charge in [-0.25, -0.2) is 0 Å². The van der Waals surface area contributed by atoms with Gasteiger partial charge in [0.15, 0.2) is 0 Å². The van der Waals surface area contributed by atoms with Crippen molar-refractivity contribution in [2.75, 3.05) is 6.61 Å². The SMILES string of the molecule is CCOc1ccc(/C(C#N)=C(\C#N)c2ccc(-c3ccc(O)cc3)cc2)cc1. The summed E-state index contributed by atoms with van der Waals surface area (Å²) in [5, 5.41) is 28.8. The molecule has 0 aromatic heterocycles. The second-order valence-corrected chi connectivity index (χ2v) is 6.06. The highest BCUT2D eigenvalue weighted by molar-refractivity contribution is 6.02. The van der Waals surface area contributed by atoms with Gasteiger partial charge in [-0.1, -0.05) is 36.4 Å². The third-order valence-electron chi connectivity index (χ3n) is 4.30. The number of ether oxygens (including phenoxy) is 1. The van der Waals surface area contributed by atoms with E-state index >= 15 is 0 Å². The van der Waals surface area contributed by atoms with Crippen molar-refractivity contribution in [1.82, 2.24) is 0 Å². The molecule has 0 unspecified atom stereocenters. The first-order valence-corrected chi connectivity index (χ1v) is 8.83. The standard InChI is InChI=1S/C24H18N2O2/c1-2-28-22-13-9-20(10-14-22)24(16-26)23(15-25)19-5-3-17(4-6-19)18-7-11-21(27)12-8-18/h3-14,27H,2H2,1H3/b24-23+. The predicted molar refractivity (Wildman–Crippen MR) is 109 cm³/mol. The van der Waals surface area contributed by atoms with Crippen molar-refractivity contribution in [2.24, 2.45) is 0 Å². The highest BCUT2D eigenvalue weighted by atomic mass is 16.5. The Morgan fingerprint density at radius 2 is 1.18 bits per heavy atom. The van der Waals surface area contributed by atoms with Gasteiger partial charge in [0, 0.05) is 0 Å². The molecule has 136 valence electrons. The van der Waals surface area contributed by atoms with Gasteiger partial charge in [-0.3, -0.25) is 0 Å². The normalized spacial score (nSPS) is 11.1. The van der Waals surface area contributed by atoms with Gasteiger partial charge in [0.2, 0.25) is 0 Å². The van der Waals surface area contributed by atoms with Crippen LogP contribution in [-0.2, 0) is 0 Å². The van der Waals surface area contributed by atoms with Crippen LogP contribution < -0.4 is 4.74 Å². The number of nitriles is 2. The van der Waals surface area contributed by atoms with Gasteiger partial charge in [0.25, 0.3) is 0 Å². The first-order valence-electron chi connectivity index (χ1n) is 8.83. The Morgan fingerprint density at radius 3 is 1.61 bits per heavy atom. The summed E-state index contributed by atoms with van der Waals surface area (Å²) in [6.07, 6.45) is 0. The van der Waals surface area contributed by atoms with Gasteiger partial charge in [-0.2, -0.15) is 10.5 Å². The number of phenolic OH excluding ortho intramolecular Hbond substituents is 1. The number of nitrogens with zero attached hydrogens (tertiary/aromatic N) is 2. The van der Waals surface area contributed by atoms with Crippen LogP contribution in [0, 0.1) is 22.7 Å². The Hall–Kier alpha value is -4.02. The average molecular weight is 366 g/mol. The molecule has 4 nitrogen and oxygen atoms in total. The van der Waals surface area contributed by atoms with E-state index in [1.54, 1.807) is 36.4 Å². The maximum absolute atomic E-state index is 9.69. The van der Waals surface area contributed by atoms with E-state index in [4.69, 9.17) is 4.74 Å². The third kappa shape index (κ3) is 4.03. The number of hydrogen-bond donors (Lipinski definition) is 1. The lowest BCUT2D eigenvalue weighted by atomic mass is 9.94. The smallest absolute Gasteiger partial charge is 0.119 e. The van der Waals surface area contributed by atoms with Crippen molar-refractivity contribution in [3.63, 3.8) is 0 Å². The highest BCUT2D eigenvalue weighted by Gasteiger charge is 2.12. The van der Waals surface area contributed by atoms with Crippen LogP contribution in [0.2, 0.25) is 0 Å². The highest BCUT2D eigenvalue weighted by Crippen LogP contribution is 2.29. The molecular formula is C24H18N2O2. The molecular weight excluding hydrogens is 348 g/mol. The molecule has 3 aromatic carbocycles. The van der Waals surface area contributed by atoms with E-state index in [1.165, 1.54) is 0 Å². The first-order chi connectivity index (χ1) is 13.7. The fourth-order valence-corrected chi connectivity index (χ4v) is 2.90. The molecule has 28 heavy (non-hydrogen) atoms. The Balaban J connectivity index is 1.97. The molecule has 0 saturated carbocycles. The third-order valence-corrected chi connectivity index (χ3v) is 4.30. The van der Waals surface area contributed by atoms with Gasteiger partial charge < -0.3 is 9.84 Å². The molecule has 0 heterocycles. The van der Waals surface area contributed by atoms with Crippen molar-refractivity contribution in [3.8, 4) is 34.8 Å². The molecule has 0 amide bonds. The fourth-order valence-electron chi connectivity index (χ4n) is 2.90. The van der Waals surface area contributed by atoms with Gasteiger partial charge in [-0.15, -0.1) is 0 Å². The van der Waals surface area contributed by atoms with Gasteiger partial charge in [0.05, 0.1) is 17.8 Å². The summed E-state index contributed by atoms with van der Waals surface area (Å²) in [6.45, 7) is 2.47. The summed E-state index contributed by atoms with van der Waals surface area (Å²) in [7, 11) is 0. The molecule has 0 fully saturated rings. The number of aromatic hydroxyl groups is 1. The van der Waals surface area contributed by atoms with Crippen molar-refractivity contribution in [2.45, 2.75) is 6.92 Å². The van der Waals surface area contributed by atoms with E-state index in [0.29, 0.717) is 28.9 Å². The molecule has 3 rings (SSSR count). The quantitative estimate of drug-likeness (QED) is 0.483. The second-order valence-electron chi connectivity index (χ2n) is 6.06. The summed E-state index contributed by atoms with van der Waals surface area (Å²) in [5.74, 6) is 0.935. The van der Waals surface area contributed by atoms with Crippen LogP contribution in [0.5, 0.6) is 11.5 Å². The maximum Gasteiger partial charge on any atom is 0.119 e. The minimum atomic E-state index is 0.212. The van der Waals surface area contributed by atoms with Crippen LogP contribution >= 0.6 is 0 Å².